The summed E-state index contributed by atoms with van der Waals surface area (Å²) in [6.45, 7) is 12.2. The van der Waals surface area contributed by atoms with Crippen LogP contribution in [0.1, 0.15) is 73.8 Å². The summed E-state index contributed by atoms with van der Waals surface area (Å²) < 4.78 is 42.2. The monoisotopic (exact) mass is 825 g/mol. The molecule has 0 bridgehead atoms. The second kappa shape index (κ2) is 16.7. The molecule has 2 heterocycles. The van der Waals surface area contributed by atoms with Gasteiger partial charge < -0.3 is 4.74 Å². The number of nitrogens with zero attached hydrogens (tertiary/aromatic N) is 3. The quantitative estimate of drug-likeness (QED) is 0.146. The second-order valence-corrected chi connectivity index (χ2v) is 17.8. The largest absolute Gasteiger partial charge is 0.496 e. The maximum absolute atomic E-state index is 8.52. The van der Waals surface area contributed by atoms with Crippen LogP contribution < -0.4 is 4.74 Å². The predicted octanol–water partition coefficient (Wildman–Crippen LogP) is 15.8. The number of imidazole rings is 1. The number of hydrogen-bond donors (Lipinski definition) is 0. The van der Waals surface area contributed by atoms with Gasteiger partial charge in [-0.15, -0.1) is 0 Å². The Balaban J connectivity index is 1.30. The lowest BCUT2D eigenvalue weighted by atomic mass is 9.86. The molecule has 0 fully saturated rings. The number of methoxy groups -OCH3 is 1. The third-order valence-electron chi connectivity index (χ3n) is 12.1. The molecule has 0 saturated heterocycles. The van der Waals surface area contributed by atoms with Gasteiger partial charge in [0.15, 0.2) is 0 Å². The van der Waals surface area contributed by atoms with Crippen molar-refractivity contribution in [3.63, 3.8) is 0 Å². The molecule has 7 aromatic carbocycles. The van der Waals surface area contributed by atoms with Gasteiger partial charge in [-0.05, 0) is 142 Å². The van der Waals surface area contributed by atoms with E-state index in [1.165, 1.54) is 5.56 Å². The Morgan fingerprint density at radius 2 is 1.30 bits per heavy atom. The van der Waals surface area contributed by atoms with Crippen molar-refractivity contribution in [1.29, 1.82) is 0 Å². The van der Waals surface area contributed by atoms with Crippen molar-refractivity contribution in [2.45, 2.75) is 66.6 Å². The molecule has 0 aliphatic carbocycles. The van der Waals surface area contributed by atoms with Crippen molar-refractivity contribution < 1.29 is 10.2 Å². The lowest BCUT2D eigenvalue weighted by Gasteiger charge is -2.21. The Hall–Kier alpha value is -7.04. The van der Waals surface area contributed by atoms with E-state index in [1.54, 1.807) is 13.2 Å². The Bertz CT molecular complexity index is 3280. The molecule has 9 aromatic rings. The summed E-state index contributed by atoms with van der Waals surface area (Å²) in [5.41, 5.74) is 17.2. The Labute approximate surface area is 378 Å². The van der Waals surface area contributed by atoms with Crippen LogP contribution in [0.15, 0.2) is 164 Å². The standard InChI is InChI=1S/C59H55N3O/c1-37(2)41-19-21-43(22-20-41)45-28-29-60-53(36-45)48-34-46(42-14-11-10-12-15-42)33-47(35-48)50-16-13-17-55-56(50)61-58(52-32-39(4)30-40(5)57(52)63-9)62(55)54-27-18-38(3)31-51(54)44-23-25-49(26-24-44)59(6,7)8/h10-37H,1-9H3/i3D3,37D. The molecule has 9 rings (SSSR count). The molecule has 0 N–H and O–H groups in total. The topological polar surface area (TPSA) is 39.9 Å². The summed E-state index contributed by atoms with van der Waals surface area (Å²) in [6.07, 6.45) is 1.86. The SMILES string of the molecule is [2H]C([2H])([2H])c1ccc(-n2c(-c3cc(C)cc(C)c3OC)nc3c(-c4cc(-c5ccccc5)cc(-c5cc(-c6ccc(C([2H])(C)C)cc6)ccn5)c4)cccc32)c(-c2ccc(C(C)(C)C)cc2)c1. The summed E-state index contributed by atoms with van der Waals surface area (Å²) in [4.78, 5) is 10.5. The van der Waals surface area contributed by atoms with E-state index in [0.29, 0.717) is 5.82 Å². The van der Waals surface area contributed by atoms with Crippen LogP contribution in [0, 0.1) is 20.7 Å². The van der Waals surface area contributed by atoms with Gasteiger partial charge in [0.2, 0.25) is 0 Å². The number of fused-ring (bicyclic) bond motifs is 1. The first-order chi connectivity index (χ1) is 31.9. The van der Waals surface area contributed by atoms with E-state index in [2.05, 4.69) is 148 Å². The minimum absolute atomic E-state index is 0.0607. The van der Waals surface area contributed by atoms with E-state index in [0.717, 1.165) is 100 Å². The minimum atomic E-state index is -2.32. The molecule has 0 saturated carbocycles. The first-order valence-electron chi connectivity index (χ1n) is 23.6. The summed E-state index contributed by atoms with van der Waals surface area (Å²) in [6, 6.07) is 53.8. The number of aryl methyl sites for hydroxylation is 3. The van der Waals surface area contributed by atoms with E-state index in [1.807, 2.05) is 63.4 Å². The van der Waals surface area contributed by atoms with Crippen LogP contribution in [0.3, 0.4) is 0 Å². The Kier molecular flexibility index (Phi) is 9.69. The van der Waals surface area contributed by atoms with Gasteiger partial charge in [-0.25, -0.2) is 4.98 Å². The van der Waals surface area contributed by atoms with Crippen LogP contribution in [-0.2, 0) is 5.41 Å². The van der Waals surface area contributed by atoms with Crippen LogP contribution in [0.25, 0.3) is 83.9 Å². The summed E-state index contributed by atoms with van der Waals surface area (Å²) >= 11 is 0. The fraction of sp³-hybridized carbons (Fsp3) is 0.186. The van der Waals surface area contributed by atoms with Crippen molar-refractivity contribution in [3.8, 4) is 78.6 Å². The molecular formula is C59H55N3O. The van der Waals surface area contributed by atoms with Crippen molar-refractivity contribution in [2.24, 2.45) is 0 Å². The lowest BCUT2D eigenvalue weighted by molar-refractivity contribution is 0.413. The van der Waals surface area contributed by atoms with Gasteiger partial charge >= 0.3 is 0 Å². The smallest absolute Gasteiger partial charge is 0.149 e. The molecular weight excluding hydrogens is 767 g/mol. The van der Waals surface area contributed by atoms with Gasteiger partial charge in [0.05, 0.1) is 35.1 Å². The maximum Gasteiger partial charge on any atom is 0.149 e. The number of ether oxygens (including phenoxy) is 1. The van der Waals surface area contributed by atoms with E-state index in [-0.39, 0.29) is 11.0 Å². The van der Waals surface area contributed by atoms with E-state index in [9.17, 15) is 0 Å². The Morgan fingerprint density at radius 3 is 2.02 bits per heavy atom. The van der Waals surface area contributed by atoms with Gasteiger partial charge in [-0.3, -0.25) is 9.55 Å². The minimum Gasteiger partial charge on any atom is -0.496 e. The van der Waals surface area contributed by atoms with Gasteiger partial charge in [-0.1, -0.05) is 143 Å². The number of hydrogen-bond acceptors (Lipinski definition) is 3. The molecule has 0 radical (unpaired) electrons. The highest BCUT2D eigenvalue weighted by molar-refractivity contribution is 5.98. The zero-order valence-electron chi connectivity index (χ0n) is 41.3. The molecule has 0 aliphatic heterocycles. The van der Waals surface area contributed by atoms with Crippen molar-refractivity contribution in [1.82, 2.24) is 14.5 Å². The van der Waals surface area contributed by atoms with Crippen molar-refractivity contribution in [3.05, 3.63) is 192 Å². The van der Waals surface area contributed by atoms with Crippen LogP contribution in [0.2, 0.25) is 0 Å². The lowest BCUT2D eigenvalue weighted by Crippen LogP contribution is -2.10. The Morgan fingerprint density at radius 1 is 0.603 bits per heavy atom. The highest BCUT2D eigenvalue weighted by atomic mass is 16.5. The summed E-state index contributed by atoms with van der Waals surface area (Å²) in [7, 11) is 1.69. The summed E-state index contributed by atoms with van der Waals surface area (Å²) in [5, 5.41) is 0. The van der Waals surface area contributed by atoms with Gasteiger partial charge in [0, 0.05) is 28.4 Å². The van der Waals surface area contributed by atoms with E-state index < -0.39 is 12.7 Å². The molecule has 63 heavy (non-hydrogen) atoms. The van der Waals surface area contributed by atoms with Crippen LogP contribution in [-0.4, -0.2) is 21.6 Å². The molecule has 0 aliphatic rings. The molecule has 2 aromatic heterocycles. The first kappa shape index (κ1) is 36.6. The average molecular weight is 826 g/mol. The molecule has 0 spiro atoms. The van der Waals surface area contributed by atoms with E-state index in [4.69, 9.17) is 20.2 Å². The molecule has 0 atom stereocenters. The molecule has 4 nitrogen and oxygen atoms in total. The van der Waals surface area contributed by atoms with Crippen molar-refractivity contribution >= 4 is 11.0 Å². The molecule has 0 amide bonds. The fourth-order valence-electron chi connectivity index (χ4n) is 8.75. The van der Waals surface area contributed by atoms with E-state index >= 15 is 0 Å². The number of rotatable bonds is 9. The number of pyridine rings is 1. The molecule has 312 valence electrons. The van der Waals surface area contributed by atoms with Gasteiger partial charge in [0.25, 0.3) is 0 Å². The first-order valence-corrected chi connectivity index (χ1v) is 21.6. The predicted molar refractivity (Wildman–Crippen MR) is 265 cm³/mol. The molecule has 4 heteroatoms. The van der Waals surface area contributed by atoms with Gasteiger partial charge in [-0.2, -0.15) is 0 Å². The average Bonchev–Trinajstić information content (AvgIpc) is 3.70. The van der Waals surface area contributed by atoms with Crippen molar-refractivity contribution in [2.75, 3.05) is 7.11 Å². The number of aromatic nitrogens is 3. The molecule has 0 unspecified atom stereocenters. The van der Waals surface area contributed by atoms with Crippen LogP contribution in [0.5, 0.6) is 5.75 Å². The fourth-order valence-corrected chi connectivity index (χ4v) is 8.75. The highest BCUT2D eigenvalue weighted by Gasteiger charge is 2.24. The third kappa shape index (κ3) is 8.10. The normalized spacial score (nSPS) is 13.0. The van der Waals surface area contributed by atoms with Gasteiger partial charge in [0.1, 0.15) is 11.6 Å². The number of para-hydroxylation sites is 1. The third-order valence-corrected chi connectivity index (χ3v) is 12.1. The maximum atomic E-state index is 8.52. The van der Waals surface area contributed by atoms with Crippen LogP contribution in [0.4, 0.5) is 0 Å². The highest BCUT2D eigenvalue weighted by Crippen LogP contribution is 2.43. The number of benzene rings is 7. The summed E-state index contributed by atoms with van der Waals surface area (Å²) in [5.74, 6) is 0.705. The van der Waals surface area contributed by atoms with Crippen LogP contribution >= 0.6 is 0 Å². The second-order valence-electron chi connectivity index (χ2n) is 17.8. The zero-order chi connectivity index (χ0) is 47.4. The zero-order valence-corrected chi connectivity index (χ0v) is 37.3.